The van der Waals surface area contributed by atoms with Crippen LogP contribution in [-0.4, -0.2) is 141 Å². The first kappa shape index (κ1) is 46.9. The van der Waals surface area contributed by atoms with E-state index in [-0.39, 0.29) is 23.1 Å². The monoisotopic (exact) mass is 857 g/mol. The quantitative estimate of drug-likeness (QED) is 0.0747. The van der Waals surface area contributed by atoms with E-state index in [9.17, 15) is 31.0 Å². The number of nitrogen functional groups attached to an aromatic ring is 1. The minimum absolute atomic E-state index is 0.0145. The normalized spacial score (nSPS) is 22.6. The van der Waals surface area contributed by atoms with Crippen LogP contribution in [0.25, 0.3) is 0 Å². The Bertz CT molecular complexity index is 1980. The van der Waals surface area contributed by atoms with Crippen molar-refractivity contribution in [1.29, 1.82) is 5.41 Å². The third kappa shape index (κ3) is 11.7. The fourth-order valence-corrected chi connectivity index (χ4v) is 9.21. The molecule has 4 rings (SSSR count). The summed E-state index contributed by atoms with van der Waals surface area (Å²) in [4.78, 5) is 30.1. The minimum atomic E-state index is -4.96. The van der Waals surface area contributed by atoms with Crippen LogP contribution in [0.2, 0.25) is 0 Å². The van der Waals surface area contributed by atoms with Gasteiger partial charge in [-0.15, -0.1) is 0 Å². The smallest absolute Gasteiger partial charge is 0.397 e. The molecule has 2 aliphatic rings. The molecule has 7 atom stereocenters. The van der Waals surface area contributed by atoms with E-state index < -0.39 is 82.3 Å². The number of carbonyl (C=O) groups excluding carboxylic acids is 2. The molecule has 0 radical (unpaired) electrons. The van der Waals surface area contributed by atoms with Crippen LogP contribution in [0.5, 0.6) is 5.75 Å². The summed E-state index contributed by atoms with van der Waals surface area (Å²) in [6, 6.07) is 5.29. The van der Waals surface area contributed by atoms with Crippen molar-refractivity contribution in [3.8, 4) is 5.75 Å². The molecule has 2 aliphatic heterocycles. The lowest BCUT2D eigenvalue weighted by Gasteiger charge is -2.44. The van der Waals surface area contributed by atoms with Crippen LogP contribution in [0.3, 0.4) is 0 Å². The first-order valence-electron chi connectivity index (χ1n) is 18.5. The topological polar surface area (TPSA) is 264 Å². The van der Waals surface area contributed by atoms with Gasteiger partial charge in [0.15, 0.2) is 6.29 Å². The Morgan fingerprint density at radius 3 is 2.12 bits per heavy atom. The fourth-order valence-electron chi connectivity index (χ4n) is 7.20. The van der Waals surface area contributed by atoms with Gasteiger partial charge in [0.1, 0.15) is 48.1 Å². The van der Waals surface area contributed by atoms with Gasteiger partial charge >= 0.3 is 10.4 Å². The maximum absolute atomic E-state index is 14.5. The lowest BCUT2D eigenvalue weighted by Crippen LogP contribution is -2.62. The van der Waals surface area contributed by atoms with Gasteiger partial charge in [-0.1, -0.05) is 24.3 Å². The third-order valence-electron chi connectivity index (χ3n) is 10.3. The molecular formula is C37H55N5O14S2. The summed E-state index contributed by atoms with van der Waals surface area (Å²) in [5, 5.41) is 10.5. The molecule has 0 spiro atoms. The average molecular weight is 858 g/mol. The molecule has 0 bridgehead atoms. The Morgan fingerprint density at radius 2 is 1.57 bits per heavy atom. The number of sulfonamides is 1. The van der Waals surface area contributed by atoms with Crippen molar-refractivity contribution >= 4 is 38.1 Å². The second-order valence-electron chi connectivity index (χ2n) is 14.1. The lowest BCUT2D eigenvalue weighted by molar-refractivity contribution is -0.308. The number of ether oxygens (including phenoxy) is 6. The molecule has 0 aromatic heterocycles. The van der Waals surface area contributed by atoms with Gasteiger partial charge in [-0.3, -0.25) is 19.6 Å². The number of nitrogens with two attached hydrogens (primary N) is 1. The number of rotatable bonds is 19. The number of hydrogen-bond donors (Lipinski definition) is 5. The van der Waals surface area contributed by atoms with E-state index in [2.05, 4.69) is 14.2 Å². The summed E-state index contributed by atoms with van der Waals surface area (Å²) >= 11 is 0. The van der Waals surface area contributed by atoms with E-state index in [1.54, 1.807) is 56.0 Å². The number of benzene rings is 2. The second kappa shape index (κ2) is 20.5. The van der Waals surface area contributed by atoms with Gasteiger partial charge < -0.3 is 44.4 Å². The number of carbonyl (C=O) groups is 2. The Balaban J connectivity index is 1.75. The highest BCUT2D eigenvalue weighted by molar-refractivity contribution is 7.89. The number of aryl methyl sites for hydroxylation is 1. The lowest BCUT2D eigenvalue weighted by atomic mass is 9.98. The summed E-state index contributed by atoms with van der Waals surface area (Å²) in [6.45, 7) is 4.33. The summed E-state index contributed by atoms with van der Waals surface area (Å²) in [5.74, 6) is -0.979. The number of hydrogen-bond acceptors (Lipinski definition) is 14. The predicted octanol–water partition coefficient (Wildman–Crippen LogP) is 0.897. The Morgan fingerprint density at radius 1 is 0.931 bits per heavy atom. The number of amides is 2. The maximum Gasteiger partial charge on any atom is 0.397 e. The summed E-state index contributed by atoms with van der Waals surface area (Å²) in [7, 11) is -4.05. The van der Waals surface area contributed by atoms with Gasteiger partial charge in [0.2, 0.25) is 21.8 Å². The molecule has 2 fully saturated rings. The van der Waals surface area contributed by atoms with Gasteiger partial charge in [0, 0.05) is 46.4 Å². The van der Waals surface area contributed by atoms with Gasteiger partial charge in [-0.05, 0) is 68.4 Å². The number of nitrogens with zero attached hydrogens (tertiary/aromatic N) is 1. The van der Waals surface area contributed by atoms with Crippen LogP contribution in [0.1, 0.15) is 47.1 Å². The van der Waals surface area contributed by atoms with Crippen molar-refractivity contribution in [2.24, 2.45) is 5.73 Å². The molecule has 19 nitrogen and oxygen atoms in total. The summed E-state index contributed by atoms with van der Waals surface area (Å²) in [5.41, 5.74) is 7.98. The molecule has 7 unspecified atom stereocenters. The zero-order valence-corrected chi connectivity index (χ0v) is 35.3. The largest absolute Gasteiger partial charge is 0.496 e. The molecule has 58 heavy (non-hydrogen) atoms. The highest BCUT2D eigenvalue weighted by Crippen LogP contribution is 2.32. The first-order chi connectivity index (χ1) is 27.3. The Kier molecular flexibility index (Phi) is 16.6. The Hall–Kier alpha value is -3.77. The highest BCUT2D eigenvalue weighted by Gasteiger charge is 2.49. The molecule has 2 saturated heterocycles. The minimum Gasteiger partial charge on any atom is -0.496 e. The predicted molar refractivity (Wildman–Crippen MR) is 209 cm³/mol. The van der Waals surface area contributed by atoms with Crippen LogP contribution in [0.15, 0.2) is 35.2 Å². The molecular weight excluding hydrogens is 803 g/mol. The molecule has 324 valence electrons. The van der Waals surface area contributed by atoms with Crippen LogP contribution in [0, 0.1) is 26.2 Å². The molecule has 2 amide bonds. The summed E-state index contributed by atoms with van der Waals surface area (Å²) < 4.78 is 102. The highest BCUT2D eigenvalue weighted by atomic mass is 32.3. The van der Waals surface area contributed by atoms with E-state index >= 15 is 0 Å². The second-order valence-corrected chi connectivity index (χ2v) is 16.8. The van der Waals surface area contributed by atoms with Gasteiger partial charge in [-0.25, -0.2) is 12.6 Å². The SMILES string of the molecule is COc1cc(C)c(S(=O)(=O)NC(COC2C(COS(=O)(=O)O)OC(OC)C(OC)C2OC)C(=O)NC(Cc2ccc(C(=N)N)cc2)C(=O)N2CCCCC2)c(C)c1C. The Labute approximate surface area is 339 Å². The average Bonchev–Trinajstić information content (AvgIpc) is 3.18. The molecule has 6 N–H and O–H groups in total. The van der Waals surface area contributed by atoms with Crippen LogP contribution >= 0.6 is 0 Å². The number of amidine groups is 1. The van der Waals surface area contributed by atoms with Crippen LogP contribution in [0.4, 0.5) is 0 Å². The van der Waals surface area contributed by atoms with Crippen molar-refractivity contribution in [3.63, 3.8) is 0 Å². The third-order valence-corrected chi connectivity index (χ3v) is 12.5. The molecule has 2 aromatic rings. The molecule has 21 heteroatoms. The number of methoxy groups -OCH3 is 4. The van der Waals surface area contributed by atoms with E-state index in [0.717, 1.165) is 19.3 Å². The van der Waals surface area contributed by atoms with Crippen LogP contribution in [-0.2, 0) is 64.3 Å². The zero-order chi connectivity index (χ0) is 42.9. The maximum atomic E-state index is 14.5. The van der Waals surface area contributed by atoms with Crippen molar-refractivity contribution < 1.29 is 63.6 Å². The van der Waals surface area contributed by atoms with E-state index in [1.165, 1.54) is 28.4 Å². The van der Waals surface area contributed by atoms with Crippen LogP contribution < -0.4 is 20.5 Å². The molecule has 0 aliphatic carbocycles. The van der Waals surface area contributed by atoms with Crippen molar-refractivity contribution in [2.45, 2.75) is 94.1 Å². The van der Waals surface area contributed by atoms with E-state index in [4.69, 9.17) is 39.6 Å². The van der Waals surface area contributed by atoms with Gasteiger partial charge in [0.05, 0.1) is 25.2 Å². The van der Waals surface area contributed by atoms with Gasteiger partial charge in [-0.2, -0.15) is 13.1 Å². The van der Waals surface area contributed by atoms with Crippen molar-refractivity contribution in [3.05, 3.63) is 58.1 Å². The van der Waals surface area contributed by atoms with E-state index in [0.29, 0.717) is 46.7 Å². The van der Waals surface area contributed by atoms with Crippen molar-refractivity contribution in [1.82, 2.24) is 14.9 Å². The van der Waals surface area contributed by atoms with E-state index in [1.807, 2.05) is 0 Å². The molecule has 0 saturated carbocycles. The standard InChI is InChI=1S/C37H55N5O14S2/c1-21-17-28(50-4)22(2)23(3)33(21)57(45,46)41-27(19-54-30-29(20-55-58(47,48)49)56-37(53-7)32(52-6)31(30)51-5)35(43)40-26(36(44)42-15-9-8-10-16-42)18-24-11-13-25(14-12-24)34(38)39/h11-14,17,26-27,29-32,37,41H,8-10,15-16,18-20H2,1-7H3,(H3,38,39)(H,40,43)(H,47,48,49). The molecule has 2 heterocycles. The van der Waals surface area contributed by atoms with Gasteiger partial charge in [0.25, 0.3) is 0 Å². The summed E-state index contributed by atoms with van der Waals surface area (Å²) in [6.07, 6.45) is -3.30. The fraction of sp³-hybridized carbons (Fsp3) is 0.595. The van der Waals surface area contributed by atoms with Crippen molar-refractivity contribution in [2.75, 3.05) is 54.7 Å². The number of piperidine rings is 1. The zero-order valence-electron chi connectivity index (χ0n) is 33.7. The number of likely N-dealkylation sites (tertiary alicyclic amines) is 1. The molecule has 2 aromatic carbocycles. The first-order valence-corrected chi connectivity index (χ1v) is 21.4. The number of nitrogens with one attached hydrogen (secondary N) is 3.